The minimum atomic E-state index is -0.476. The topological polar surface area (TPSA) is 60.4 Å². The van der Waals surface area contributed by atoms with Crippen LogP contribution in [-0.4, -0.2) is 17.5 Å². The Balaban J connectivity index is 1.94. The highest BCUT2D eigenvalue weighted by Gasteiger charge is 2.42. The first-order chi connectivity index (χ1) is 10.7. The average Bonchev–Trinajstić information content (AvgIpc) is 3.06. The number of allylic oxidation sites excluding steroid dienone is 2. The quantitative estimate of drug-likeness (QED) is 0.759. The Hall–Kier alpha value is -2.53. The second kappa shape index (κ2) is 4.74. The van der Waals surface area contributed by atoms with Crippen molar-refractivity contribution in [3.05, 3.63) is 69.1 Å². The van der Waals surface area contributed by atoms with Gasteiger partial charge in [-0.05, 0) is 22.4 Å². The van der Waals surface area contributed by atoms with Crippen molar-refractivity contribution < 1.29 is 19.1 Å². The third-order valence-corrected chi connectivity index (χ3v) is 4.69. The van der Waals surface area contributed by atoms with Crippen molar-refractivity contribution in [2.24, 2.45) is 0 Å². The second-order valence-corrected chi connectivity index (χ2v) is 6.01. The fourth-order valence-corrected chi connectivity index (χ4v) is 3.69. The van der Waals surface area contributed by atoms with E-state index in [9.17, 15) is 14.4 Å². The first kappa shape index (κ1) is 13.2. The van der Waals surface area contributed by atoms with Gasteiger partial charge in [-0.3, -0.25) is 14.4 Å². The summed E-state index contributed by atoms with van der Waals surface area (Å²) in [5, 5.41) is 3.78. The van der Waals surface area contributed by atoms with Crippen molar-refractivity contribution in [3.8, 4) is 0 Å². The summed E-state index contributed by atoms with van der Waals surface area (Å²) in [7, 11) is 0. The summed E-state index contributed by atoms with van der Waals surface area (Å²) in [6.45, 7) is 0. The highest BCUT2D eigenvalue weighted by molar-refractivity contribution is 7.08. The van der Waals surface area contributed by atoms with Crippen LogP contribution in [0.5, 0.6) is 0 Å². The van der Waals surface area contributed by atoms with E-state index in [0.29, 0.717) is 16.7 Å². The molecule has 5 heteroatoms. The summed E-state index contributed by atoms with van der Waals surface area (Å²) in [6, 6.07) is 8.51. The fraction of sp³-hybridized carbons (Fsp3) is 0.118. The van der Waals surface area contributed by atoms with Gasteiger partial charge < -0.3 is 4.74 Å². The molecule has 0 saturated carbocycles. The molecule has 0 radical (unpaired) electrons. The van der Waals surface area contributed by atoms with E-state index in [2.05, 4.69) is 0 Å². The summed E-state index contributed by atoms with van der Waals surface area (Å²) < 4.78 is 5.13. The summed E-state index contributed by atoms with van der Waals surface area (Å²) in [5.74, 6) is -1.61. The van der Waals surface area contributed by atoms with Gasteiger partial charge in [-0.25, -0.2) is 0 Å². The van der Waals surface area contributed by atoms with E-state index in [-0.39, 0.29) is 18.0 Å². The fourth-order valence-electron chi connectivity index (χ4n) is 2.97. The van der Waals surface area contributed by atoms with Crippen LogP contribution in [0.4, 0.5) is 0 Å². The van der Waals surface area contributed by atoms with Gasteiger partial charge in [0.1, 0.15) is 0 Å². The third kappa shape index (κ3) is 1.79. The Kier molecular flexibility index (Phi) is 2.84. The van der Waals surface area contributed by atoms with Gasteiger partial charge in [0.25, 0.3) is 0 Å². The van der Waals surface area contributed by atoms with E-state index >= 15 is 0 Å². The van der Waals surface area contributed by atoms with Gasteiger partial charge in [0.05, 0.1) is 12.0 Å². The highest BCUT2D eigenvalue weighted by Crippen LogP contribution is 2.41. The Bertz CT molecular complexity index is 845. The number of thiophene rings is 1. The lowest BCUT2D eigenvalue weighted by Gasteiger charge is -2.29. The summed E-state index contributed by atoms with van der Waals surface area (Å²) in [6.07, 6.45) is 0.0801. The number of hydrogen-bond acceptors (Lipinski definition) is 5. The molecular weight excluding hydrogens is 300 g/mol. The number of ether oxygens (including phenoxy) is 1. The number of carbonyl (C=O) groups excluding carboxylic acids is 3. The van der Waals surface area contributed by atoms with Crippen LogP contribution < -0.4 is 0 Å². The van der Waals surface area contributed by atoms with Crippen molar-refractivity contribution >= 4 is 28.9 Å². The lowest BCUT2D eigenvalue weighted by Crippen LogP contribution is -2.32. The van der Waals surface area contributed by atoms with Crippen molar-refractivity contribution in [3.63, 3.8) is 0 Å². The van der Waals surface area contributed by atoms with Crippen molar-refractivity contribution in [1.82, 2.24) is 0 Å². The van der Waals surface area contributed by atoms with E-state index in [0.717, 1.165) is 5.56 Å². The largest absolute Gasteiger partial charge is 0.422 e. The number of ketones is 2. The van der Waals surface area contributed by atoms with E-state index in [1.165, 1.54) is 11.3 Å². The summed E-state index contributed by atoms with van der Waals surface area (Å²) in [4.78, 5) is 37.3. The molecule has 2 aliphatic rings. The highest BCUT2D eigenvalue weighted by atomic mass is 32.1. The normalized spacial score (nSPS) is 20.5. The number of Topliss-reactive ketones (excluding diaryl/α,β-unsaturated/α-hetero) is 2. The predicted octanol–water partition coefficient (Wildman–Crippen LogP) is 3.11. The molecule has 1 atom stereocenters. The molecule has 1 aromatic heterocycles. The Morgan fingerprint density at radius 1 is 1.00 bits per heavy atom. The average molecular weight is 310 g/mol. The van der Waals surface area contributed by atoms with E-state index in [1.54, 1.807) is 24.3 Å². The Morgan fingerprint density at radius 2 is 1.73 bits per heavy atom. The van der Waals surface area contributed by atoms with Gasteiger partial charge in [-0.15, -0.1) is 0 Å². The standard InChI is InChI=1S/C17H10O4S/c18-13-7-12(9-5-6-22-8-9)14-15(19)10-3-1-2-4-11(10)16(20)17(14)21-13/h1-6,8,12H,7H2/t12-/m1/s1. The molecular formula is C17H10O4S. The molecule has 0 saturated heterocycles. The van der Waals surface area contributed by atoms with Crippen LogP contribution in [0.25, 0.3) is 0 Å². The van der Waals surface area contributed by atoms with E-state index in [4.69, 9.17) is 4.74 Å². The van der Waals surface area contributed by atoms with Crippen LogP contribution in [0.3, 0.4) is 0 Å². The van der Waals surface area contributed by atoms with Crippen LogP contribution in [0.1, 0.15) is 38.6 Å². The second-order valence-electron chi connectivity index (χ2n) is 5.23. The number of esters is 1. The number of hydrogen-bond donors (Lipinski definition) is 0. The first-order valence-corrected chi connectivity index (χ1v) is 7.76. The maximum atomic E-state index is 12.8. The molecule has 22 heavy (non-hydrogen) atoms. The molecule has 1 aromatic carbocycles. The number of rotatable bonds is 1. The van der Waals surface area contributed by atoms with Gasteiger partial charge in [-0.2, -0.15) is 11.3 Å². The van der Waals surface area contributed by atoms with Crippen LogP contribution in [0, 0.1) is 0 Å². The monoisotopic (exact) mass is 310 g/mol. The van der Waals surface area contributed by atoms with Gasteiger partial charge in [0, 0.05) is 17.0 Å². The minimum Gasteiger partial charge on any atom is -0.422 e. The first-order valence-electron chi connectivity index (χ1n) is 6.82. The molecule has 0 N–H and O–H groups in total. The van der Waals surface area contributed by atoms with Gasteiger partial charge in [0.15, 0.2) is 11.5 Å². The van der Waals surface area contributed by atoms with Crippen LogP contribution in [0.15, 0.2) is 52.4 Å². The minimum absolute atomic E-state index is 0.0801. The molecule has 0 amide bonds. The smallest absolute Gasteiger partial charge is 0.312 e. The Morgan fingerprint density at radius 3 is 2.41 bits per heavy atom. The molecule has 1 aliphatic carbocycles. The van der Waals surface area contributed by atoms with Gasteiger partial charge >= 0.3 is 5.97 Å². The molecule has 0 spiro atoms. The van der Waals surface area contributed by atoms with Gasteiger partial charge in [-0.1, -0.05) is 24.3 Å². The number of benzene rings is 1. The predicted molar refractivity (Wildman–Crippen MR) is 79.9 cm³/mol. The molecule has 2 heterocycles. The van der Waals surface area contributed by atoms with Gasteiger partial charge in [0.2, 0.25) is 5.78 Å². The molecule has 4 nitrogen and oxygen atoms in total. The molecule has 108 valence electrons. The van der Waals surface area contributed by atoms with Crippen LogP contribution >= 0.6 is 11.3 Å². The molecule has 0 fully saturated rings. The summed E-state index contributed by atoms with van der Waals surface area (Å²) in [5.41, 5.74) is 1.85. The molecule has 4 rings (SSSR count). The maximum Gasteiger partial charge on any atom is 0.312 e. The summed E-state index contributed by atoms with van der Waals surface area (Å²) >= 11 is 1.49. The molecule has 0 unspecified atom stereocenters. The van der Waals surface area contributed by atoms with Crippen molar-refractivity contribution in [1.29, 1.82) is 0 Å². The Labute approximate surface area is 130 Å². The molecule has 1 aliphatic heterocycles. The van der Waals surface area contributed by atoms with E-state index in [1.807, 2.05) is 16.8 Å². The third-order valence-electron chi connectivity index (χ3n) is 3.99. The number of fused-ring (bicyclic) bond motifs is 1. The lowest BCUT2D eigenvalue weighted by atomic mass is 9.77. The molecule has 2 aromatic rings. The van der Waals surface area contributed by atoms with E-state index < -0.39 is 17.7 Å². The maximum absolute atomic E-state index is 12.8. The zero-order valence-corrected chi connectivity index (χ0v) is 12.2. The zero-order valence-electron chi connectivity index (χ0n) is 11.4. The van der Waals surface area contributed by atoms with Crippen LogP contribution in [0.2, 0.25) is 0 Å². The number of carbonyl (C=O) groups is 3. The van der Waals surface area contributed by atoms with Crippen LogP contribution in [-0.2, 0) is 9.53 Å². The SMILES string of the molecule is O=C1C[C@H](c2ccsc2)C2=C(O1)C(=O)c1ccccc1C2=O. The molecule has 0 bridgehead atoms. The lowest BCUT2D eigenvalue weighted by molar-refractivity contribution is -0.140. The van der Waals surface area contributed by atoms with Crippen molar-refractivity contribution in [2.75, 3.05) is 0 Å². The zero-order chi connectivity index (χ0) is 15.3. The van der Waals surface area contributed by atoms with Crippen molar-refractivity contribution in [2.45, 2.75) is 12.3 Å².